The van der Waals surface area contributed by atoms with Gasteiger partial charge in [-0.2, -0.15) is 0 Å². The molecule has 86 valence electrons. The van der Waals surface area contributed by atoms with Gasteiger partial charge in [-0.05, 0) is 39.5 Å². The fourth-order valence-electron chi connectivity index (χ4n) is 2.07. The van der Waals surface area contributed by atoms with Gasteiger partial charge in [-0.15, -0.1) is 0 Å². The molecular formula is C12H22N2O. The van der Waals surface area contributed by atoms with Gasteiger partial charge in [0.05, 0.1) is 6.54 Å². The Bertz CT molecular complexity index is 242. The topological polar surface area (TPSA) is 23.6 Å². The third kappa shape index (κ3) is 2.71. The summed E-state index contributed by atoms with van der Waals surface area (Å²) in [6, 6.07) is 1.72. The first-order chi connectivity index (χ1) is 7.09. The smallest absolute Gasteiger partial charge is 0.236 e. The van der Waals surface area contributed by atoms with E-state index in [2.05, 4.69) is 18.7 Å². The zero-order valence-corrected chi connectivity index (χ0v) is 10.1. The largest absolute Gasteiger partial charge is 0.342 e. The normalized spacial score (nSPS) is 21.1. The molecule has 0 spiro atoms. The van der Waals surface area contributed by atoms with E-state index in [0.717, 1.165) is 0 Å². The average Bonchev–Trinajstić information content (AvgIpc) is 3.03. The number of amides is 1. The first-order valence-electron chi connectivity index (χ1n) is 6.11. The van der Waals surface area contributed by atoms with Crippen LogP contribution in [0.1, 0.15) is 39.5 Å². The van der Waals surface area contributed by atoms with Crippen LogP contribution < -0.4 is 0 Å². The van der Waals surface area contributed by atoms with E-state index in [9.17, 15) is 4.79 Å². The Balaban J connectivity index is 1.84. The summed E-state index contributed by atoms with van der Waals surface area (Å²) in [5, 5.41) is 0. The van der Waals surface area contributed by atoms with Gasteiger partial charge in [-0.25, -0.2) is 0 Å². The summed E-state index contributed by atoms with van der Waals surface area (Å²) in [5.41, 5.74) is 0. The zero-order valence-electron chi connectivity index (χ0n) is 10.1. The minimum absolute atomic E-state index is 0.304. The minimum atomic E-state index is 0.304. The summed E-state index contributed by atoms with van der Waals surface area (Å²) in [6.07, 6.45) is 4.96. The first kappa shape index (κ1) is 10.9. The second kappa shape index (κ2) is 4.12. The van der Waals surface area contributed by atoms with E-state index in [1.807, 2.05) is 11.9 Å². The number of carbonyl (C=O) groups is 1. The van der Waals surface area contributed by atoms with Crippen molar-refractivity contribution in [1.29, 1.82) is 0 Å². The maximum atomic E-state index is 12.0. The van der Waals surface area contributed by atoms with Gasteiger partial charge in [-0.1, -0.05) is 0 Å². The third-order valence-corrected chi connectivity index (χ3v) is 3.49. The molecule has 0 radical (unpaired) electrons. The van der Waals surface area contributed by atoms with Crippen molar-refractivity contribution in [1.82, 2.24) is 9.80 Å². The molecule has 3 heteroatoms. The lowest BCUT2D eigenvalue weighted by molar-refractivity contribution is -0.132. The number of likely N-dealkylation sites (N-methyl/N-ethyl adjacent to an activating group) is 1. The first-order valence-corrected chi connectivity index (χ1v) is 6.11. The highest BCUT2D eigenvalue weighted by atomic mass is 16.2. The molecule has 0 aromatic carbocycles. The van der Waals surface area contributed by atoms with Crippen molar-refractivity contribution in [2.45, 2.75) is 57.7 Å². The van der Waals surface area contributed by atoms with Crippen LogP contribution in [0.2, 0.25) is 0 Å². The summed E-state index contributed by atoms with van der Waals surface area (Å²) in [5.74, 6) is 0.304. The monoisotopic (exact) mass is 210 g/mol. The maximum Gasteiger partial charge on any atom is 0.236 e. The predicted molar refractivity (Wildman–Crippen MR) is 60.7 cm³/mol. The van der Waals surface area contributed by atoms with E-state index >= 15 is 0 Å². The van der Waals surface area contributed by atoms with Crippen molar-refractivity contribution in [2.24, 2.45) is 0 Å². The molecule has 0 N–H and O–H groups in total. The Kier molecular flexibility index (Phi) is 3.01. The Labute approximate surface area is 92.4 Å². The molecule has 0 heterocycles. The Morgan fingerprint density at radius 1 is 1.20 bits per heavy atom. The van der Waals surface area contributed by atoms with Gasteiger partial charge in [-0.3, -0.25) is 9.69 Å². The summed E-state index contributed by atoms with van der Waals surface area (Å²) in [7, 11) is 1.95. The molecule has 0 aromatic heterocycles. The fraction of sp³-hybridized carbons (Fsp3) is 0.917. The van der Waals surface area contributed by atoms with E-state index in [0.29, 0.717) is 30.6 Å². The van der Waals surface area contributed by atoms with Crippen molar-refractivity contribution in [3.05, 3.63) is 0 Å². The molecule has 2 aliphatic rings. The molecule has 0 unspecified atom stereocenters. The van der Waals surface area contributed by atoms with Crippen LogP contribution in [0.15, 0.2) is 0 Å². The molecule has 2 rings (SSSR count). The SMILES string of the molecule is CC(C)N(CC(=O)N(C)C1CC1)C1CC1. The van der Waals surface area contributed by atoms with Gasteiger partial charge in [0.1, 0.15) is 0 Å². The van der Waals surface area contributed by atoms with Crippen LogP contribution in [0.5, 0.6) is 0 Å². The van der Waals surface area contributed by atoms with Crippen LogP contribution in [0.4, 0.5) is 0 Å². The van der Waals surface area contributed by atoms with Crippen molar-refractivity contribution in [3.63, 3.8) is 0 Å². The summed E-state index contributed by atoms with van der Waals surface area (Å²) >= 11 is 0. The predicted octanol–water partition coefficient (Wildman–Crippen LogP) is 1.48. The summed E-state index contributed by atoms with van der Waals surface area (Å²) < 4.78 is 0. The van der Waals surface area contributed by atoms with Crippen molar-refractivity contribution in [3.8, 4) is 0 Å². The number of hydrogen-bond acceptors (Lipinski definition) is 2. The van der Waals surface area contributed by atoms with E-state index in [1.54, 1.807) is 0 Å². The molecule has 3 nitrogen and oxygen atoms in total. The third-order valence-electron chi connectivity index (χ3n) is 3.49. The van der Waals surface area contributed by atoms with Gasteiger partial charge in [0.2, 0.25) is 5.91 Å². The highest BCUT2D eigenvalue weighted by Gasteiger charge is 2.35. The lowest BCUT2D eigenvalue weighted by Gasteiger charge is -2.28. The Hall–Kier alpha value is -0.570. The van der Waals surface area contributed by atoms with Crippen LogP contribution in [-0.4, -0.2) is 47.4 Å². The van der Waals surface area contributed by atoms with Crippen LogP contribution in [0.3, 0.4) is 0 Å². The average molecular weight is 210 g/mol. The van der Waals surface area contributed by atoms with E-state index in [-0.39, 0.29) is 0 Å². The van der Waals surface area contributed by atoms with Gasteiger partial charge in [0.25, 0.3) is 0 Å². The molecular weight excluding hydrogens is 188 g/mol. The van der Waals surface area contributed by atoms with Crippen molar-refractivity contribution >= 4 is 5.91 Å². The number of hydrogen-bond donors (Lipinski definition) is 0. The highest BCUT2D eigenvalue weighted by molar-refractivity contribution is 5.78. The second-order valence-corrected chi connectivity index (χ2v) is 5.23. The molecule has 0 bridgehead atoms. The standard InChI is InChI=1S/C12H22N2O/c1-9(2)14(11-6-7-11)8-12(15)13(3)10-4-5-10/h9-11H,4-8H2,1-3H3. The molecule has 0 saturated heterocycles. The minimum Gasteiger partial charge on any atom is -0.342 e. The molecule has 2 saturated carbocycles. The highest BCUT2D eigenvalue weighted by Crippen LogP contribution is 2.29. The van der Waals surface area contributed by atoms with Gasteiger partial charge >= 0.3 is 0 Å². The summed E-state index contributed by atoms with van der Waals surface area (Å²) in [6.45, 7) is 4.99. The zero-order chi connectivity index (χ0) is 11.0. The van der Waals surface area contributed by atoms with Gasteiger partial charge in [0.15, 0.2) is 0 Å². The van der Waals surface area contributed by atoms with Crippen LogP contribution >= 0.6 is 0 Å². The number of nitrogens with zero attached hydrogens (tertiary/aromatic N) is 2. The molecule has 1 amide bonds. The Morgan fingerprint density at radius 2 is 1.73 bits per heavy atom. The van der Waals surface area contributed by atoms with E-state index in [4.69, 9.17) is 0 Å². The molecule has 2 fully saturated rings. The van der Waals surface area contributed by atoms with Gasteiger partial charge in [0, 0.05) is 25.2 Å². The lowest BCUT2D eigenvalue weighted by atomic mass is 10.3. The molecule has 15 heavy (non-hydrogen) atoms. The quantitative estimate of drug-likeness (QED) is 0.686. The van der Waals surface area contributed by atoms with Crippen LogP contribution in [0.25, 0.3) is 0 Å². The van der Waals surface area contributed by atoms with Crippen molar-refractivity contribution in [2.75, 3.05) is 13.6 Å². The maximum absolute atomic E-state index is 12.0. The number of rotatable bonds is 5. The van der Waals surface area contributed by atoms with E-state index < -0.39 is 0 Å². The second-order valence-electron chi connectivity index (χ2n) is 5.23. The van der Waals surface area contributed by atoms with Crippen molar-refractivity contribution < 1.29 is 4.79 Å². The van der Waals surface area contributed by atoms with E-state index in [1.165, 1.54) is 25.7 Å². The fourth-order valence-corrected chi connectivity index (χ4v) is 2.07. The van der Waals surface area contributed by atoms with Crippen LogP contribution in [0, 0.1) is 0 Å². The lowest BCUT2D eigenvalue weighted by Crippen LogP contribution is -2.43. The molecule has 2 aliphatic carbocycles. The molecule has 0 atom stereocenters. The van der Waals surface area contributed by atoms with Gasteiger partial charge < -0.3 is 4.90 Å². The molecule has 0 aliphatic heterocycles. The summed E-state index contributed by atoms with van der Waals surface area (Å²) in [4.78, 5) is 16.2. The molecule has 0 aromatic rings. The number of carbonyl (C=O) groups excluding carboxylic acids is 1. The Morgan fingerprint density at radius 3 is 2.13 bits per heavy atom. The van der Waals surface area contributed by atoms with Crippen LogP contribution in [-0.2, 0) is 4.79 Å².